The summed E-state index contributed by atoms with van der Waals surface area (Å²) in [6, 6.07) is 15.8. The van der Waals surface area contributed by atoms with E-state index in [0.29, 0.717) is 22.8 Å². The fourth-order valence-corrected chi connectivity index (χ4v) is 4.56. The Hall–Kier alpha value is -4.57. The molecule has 3 aromatic carbocycles. The maximum Gasteiger partial charge on any atom is 0.472 e. The highest BCUT2D eigenvalue weighted by atomic mass is 35.5. The SMILES string of the molecule is [2H]C([2H])(Oc1ccc(Nc2ncnc3ccc(-c4ccc(C([2H])([2H])N(C(=O)OCOP(=O)(O)O)C([2H])([2H])C([2H])([2H])S(C)(=O)=O)o4)cc23)cc1Cl)c1cccc(F)c1. The molecule has 0 fully saturated rings. The van der Waals surface area contributed by atoms with Crippen LogP contribution in [-0.4, -0.2) is 64.4 Å². The Morgan fingerprint density at radius 2 is 1.94 bits per heavy atom. The number of hydrogen-bond donors (Lipinski definition) is 3. The van der Waals surface area contributed by atoms with Crippen LogP contribution in [-0.2, 0) is 36.7 Å². The second-order valence-electron chi connectivity index (χ2n) is 9.68. The highest BCUT2D eigenvalue weighted by Gasteiger charge is 2.22. The number of aromatic nitrogens is 2. The van der Waals surface area contributed by atoms with Gasteiger partial charge in [-0.15, -0.1) is 0 Å². The fourth-order valence-electron chi connectivity index (χ4n) is 3.89. The summed E-state index contributed by atoms with van der Waals surface area (Å²) in [6.07, 6.45) is -0.570. The molecular weight excluding hydrogens is 706 g/mol. The van der Waals surface area contributed by atoms with Gasteiger partial charge in [-0.25, -0.2) is 36.7 Å². The van der Waals surface area contributed by atoms with Crippen molar-refractivity contribution < 1.29 is 61.3 Å². The van der Waals surface area contributed by atoms with Gasteiger partial charge < -0.3 is 29.0 Å². The maximum atomic E-state index is 13.7. The Morgan fingerprint density at radius 3 is 2.67 bits per heavy atom. The summed E-state index contributed by atoms with van der Waals surface area (Å²) >= 11 is 6.42. The lowest BCUT2D eigenvalue weighted by Crippen LogP contribution is -2.35. The van der Waals surface area contributed by atoms with Crippen LogP contribution < -0.4 is 10.1 Å². The molecule has 3 N–H and O–H groups in total. The molecule has 0 aliphatic carbocycles. The lowest BCUT2D eigenvalue weighted by Gasteiger charge is -2.20. The lowest BCUT2D eigenvalue weighted by atomic mass is 10.1. The zero-order chi connectivity index (χ0) is 42.4. The number of benzene rings is 3. The zero-order valence-corrected chi connectivity index (χ0v) is 27.3. The van der Waals surface area contributed by atoms with E-state index in [0.717, 1.165) is 18.2 Å². The van der Waals surface area contributed by atoms with Gasteiger partial charge >= 0.3 is 13.9 Å². The van der Waals surface area contributed by atoms with E-state index in [1.807, 2.05) is 0 Å². The summed E-state index contributed by atoms with van der Waals surface area (Å²) in [4.78, 5) is 38.8. The van der Waals surface area contributed by atoms with Gasteiger partial charge in [-0.3, -0.25) is 4.90 Å². The Morgan fingerprint density at radius 1 is 1.12 bits per heavy atom. The number of ether oxygens (including phenoxy) is 2. The summed E-state index contributed by atoms with van der Waals surface area (Å²) in [7, 11) is -10.3. The number of anilines is 2. The third-order valence-electron chi connectivity index (χ3n) is 5.97. The van der Waals surface area contributed by atoms with Gasteiger partial charge in [0.2, 0.25) is 6.79 Å². The van der Waals surface area contributed by atoms with Gasteiger partial charge in [-0.1, -0.05) is 23.7 Å². The molecule has 5 aromatic rings. The number of phosphoric acid groups is 1. The van der Waals surface area contributed by atoms with Crippen molar-refractivity contribution in [2.45, 2.75) is 13.1 Å². The summed E-state index contributed by atoms with van der Waals surface area (Å²) in [6.45, 7) is -11.6. The van der Waals surface area contributed by atoms with Crippen LogP contribution in [0.25, 0.3) is 22.2 Å². The first-order chi connectivity index (χ1) is 26.2. The number of sulfone groups is 1. The van der Waals surface area contributed by atoms with Crippen LogP contribution in [0.4, 0.5) is 20.7 Å². The van der Waals surface area contributed by atoms with Gasteiger partial charge in [0.05, 0.1) is 31.0 Å². The van der Waals surface area contributed by atoms with Crippen molar-refractivity contribution in [2.75, 3.05) is 30.6 Å². The molecule has 0 atom stereocenters. The van der Waals surface area contributed by atoms with Gasteiger partial charge in [0.25, 0.3) is 0 Å². The van der Waals surface area contributed by atoms with Gasteiger partial charge in [0.1, 0.15) is 51.6 Å². The number of amides is 1. The highest BCUT2D eigenvalue weighted by Crippen LogP contribution is 2.36. The van der Waals surface area contributed by atoms with E-state index in [1.54, 1.807) is 0 Å². The smallest absolute Gasteiger partial charge is 0.472 e. The molecule has 258 valence electrons. The maximum absolute atomic E-state index is 13.7. The summed E-state index contributed by atoms with van der Waals surface area (Å²) in [5.41, 5.74) is -3.07. The molecule has 0 unspecified atom stereocenters. The monoisotopic (exact) mass is 742 g/mol. The van der Waals surface area contributed by atoms with Gasteiger partial charge in [0.15, 0.2) is 0 Å². The molecule has 0 aliphatic rings. The predicted octanol–water partition coefficient (Wildman–Crippen LogP) is 6.05. The summed E-state index contributed by atoms with van der Waals surface area (Å²) in [5.74, 6) is -1.46. The van der Waals surface area contributed by atoms with E-state index in [9.17, 15) is 22.2 Å². The first-order valence-corrected chi connectivity index (χ1v) is 17.3. The Labute approximate surface area is 295 Å². The van der Waals surface area contributed by atoms with Crippen molar-refractivity contribution in [2.24, 2.45) is 0 Å². The van der Waals surface area contributed by atoms with Crippen LogP contribution in [0, 0.1) is 5.82 Å². The van der Waals surface area contributed by atoms with E-state index in [-0.39, 0.29) is 33.5 Å². The fraction of sp³-hybridized carbons (Fsp3) is 0.194. The predicted molar refractivity (Wildman–Crippen MR) is 177 cm³/mol. The number of carbonyl (C=O) groups excluding carboxylic acids is 1. The third-order valence-corrected chi connectivity index (χ3v) is 7.17. The van der Waals surface area contributed by atoms with Crippen molar-refractivity contribution in [1.29, 1.82) is 0 Å². The molecule has 1 amide bonds. The molecule has 0 saturated carbocycles. The van der Waals surface area contributed by atoms with Crippen LogP contribution >= 0.6 is 19.4 Å². The number of nitrogens with one attached hydrogen (secondary N) is 1. The Kier molecular flexibility index (Phi) is 8.23. The summed E-state index contributed by atoms with van der Waals surface area (Å²) < 4.78 is 135. The molecule has 14 nitrogen and oxygen atoms in total. The van der Waals surface area contributed by atoms with Crippen molar-refractivity contribution >= 4 is 57.8 Å². The van der Waals surface area contributed by atoms with Crippen LogP contribution in [0.2, 0.25) is 5.02 Å². The zero-order valence-electron chi connectivity index (χ0n) is 32.8. The average molecular weight is 743 g/mol. The van der Waals surface area contributed by atoms with E-state index in [1.165, 1.54) is 60.9 Å². The van der Waals surface area contributed by atoms with Crippen LogP contribution in [0.3, 0.4) is 0 Å². The van der Waals surface area contributed by atoms with Crippen LogP contribution in [0.15, 0.2) is 83.5 Å². The Bertz CT molecular complexity index is 2500. The van der Waals surface area contributed by atoms with Gasteiger partial charge in [-0.2, -0.15) is 0 Å². The molecule has 2 heterocycles. The molecule has 0 aliphatic heterocycles. The molecule has 49 heavy (non-hydrogen) atoms. The normalized spacial score (nSPS) is 15.4. The molecule has 5 rings (SSSR count). The van der Waals surface area contributed by atoms with E-state index in [4.69, 9.17) is 41.5 Å². The van der Waals surface area contributed by atoms with Crippen molar-refractivity contribution in [1.82, 2.24) is 14.9 Å². The molecule has 0 spiro atoms. The molecule has 0 bridgehead atoms. The van der Waals surface area contributed by atoms with Gasteiger partial charge in [0, 0.05) is 32.1 Å². The number of carbonyl (C=O) groups is 1. The first kappa shape index (κ1) is 26.3. The van der Waals surface area contributed by atoms with Crippen molar-refractivity contribution in [3.8, 4) is 17.1 Å². The third kappa shape index (κ3) is 10.5. The summed E-state index contributed by atoms with van der Waals surface area (Å²) in [5, 5.41) is 3.40. The average Bonchev–Trinajstić information content (AvgIpc) is 3.60. The minimum atomic E-state index is -5.26. The molecule has 0 saturated heterocycles. The number of phosphoric ester groups is 1. The van der Waals surface area contributed by atoms with Crippen LogP contribution in [0.5, 0.6) is 5.75 Å². The molecule has 0 radical (unpaired) electrons. The second kappa shape index (κ2) is 15.3. The largest absolute Gasteiger partial charge is 0.487 e. The first-order valence-electron chi connectivity index (χ1n) is 17.5. The molecule has 2 aromatic heterocycles. The quantitative estimate of drug-likeness (QED) is 0.0881. The second-order valence-corrected chi connectivity index (χ2v) is 13.1. The molecule has 18 heteroatoms. The number of halogens is 2. The van der Waals surface area contributed by atoms with E-state index < -0.39 is 72.3 Å². The minimum Gasteiger partial charge on any atom is -0.487 e. The lowest BCUT2D eigenvalue weighted by molar-refractivity contribution is 0.0191. The van der Waals surface area contributed by atoms with Crippen LogP contribution in [0.1, 0.15) is 22.3 Å². The number of nitrogens with zero attached hydrogens (tertiary/aromatic N) is 3. The van der Waals surface area contributed by atoms with Gasteiger partial charge in [-0.05, 0) is 66.2 Å². The number of rotatable bonds is 14. The van der Waals surface area contributed by atoms with E-state index in [2.05, 4.69) is 24.5 Å². The molecular formula is C31H29ClFN4O10PS. The Balaban J connectivity index is 1.45. The van der Waals surface area contributed by atoms with Crippen molar-refractivity contribution in [3.05, 3.63) is 101 Å². The topological polar surface area (TPSA) is 191 Å². The minimum absolute atomic E-state index is 0.0158. The van der Waals surface area contributed by atoms with E-state index >= 15 is 0 Å². The number of hydrogen-bond acceptors (Lipinski definition) is 11. The standard InChI is InChI=1S/C31H29ClFN4O10PS/c1-49(42,43)12-11-37(31(38)45-19-46-48(39,40)41)16-24-7-10-28(47-24)21-5-8-27-25(14-21)30(35-18-34-27)36-23-6-9-29(26(32)15-23)44-17-20-3-2-4-22(33)13-20/h2-10,13-15,18H,11-12,16-17,19H2,1H3,(H,34,35,36)(H2,39,40,41)/i11D2,12D2,16D2,17D2. The highest BCUT2D eigenvalue weighted by molar-refractivity contribution is 7.90. The van der Waals surface area contributed by atoms with Crippen molar-refractivity contribution in [3.63, 3.8) is 0 Å². The number of furan rings is 1. The number of fused-ring (bicyclic) bond motifs is 1.